The van der Waals surface area contributed by atoms with E-state index in [1.54, 1.807) is 13.8 Å². The molecule has 19 heavy (non-hydrogen) atoms. The molecule has 0 amide bonds. The molecule has 102 valence electrons. The van der Waals surface area contributed by atoms with Gasteiger partial charge in [0.25, 0.3) is 0 Å². The van der Waals surface area contributed by atoms with Crippen LogP contribution in [0.15, 0.2) is 29.2 Å². The Labute approximate surface area is 112 Å². The van der Waals surface area contributed by atoms with E-state index in [0.29, 0.717) is 0 Å². The predicted molar refractivity (Wildman–Crippen MR) is 69.1 cm³/mol. The molecular weight excluding hydrogens is 266 g/mol. The molecule has 0 bridgehead atoms. The molecule has 1 aromatic carbocycles. The van der Waals surface area contributed by atoms with E-state index in [9.17, 15) is 13.2 Å². The van der Waals surface area contributed by atoms with Gasteiger partial charge in [0.05, 0.1) is 11.0 Å². The summed E-state index contributed by atoms with van der Waals surface area (Å²) >= 11 is 0. The van der Waals surface area contributed by atoms with E-state index in [4.69, 9.17) is 10.00 Å². The zero-order valence-corrected chi connectivity index (χ0v) is 11.8. The number of carbonyl (C=O) groups is 1. The molecule has 0 aromatic heterocycles. The van der Waals surface area contributed by atoms with Crippen molar-refractivity contribution in [3.05, 3.63) is 24.3 Å². The third-order valence-electron chi connectivity index (χ3n) is 2.53. The minimum Gasteiger partial charge on any atom is -0.426 e. The molecule has 0 aliphatic carbocycles. The summed E-state index contributed by atoms with van der Waals surface area (Å²) in [6, 6.07) is 7.38. The van der Waals surface area contributed by atoms with Crippen molar-refractivity contribution in [3.8, 4) is 11.8 Å². The van der Waals surface area contributed by atoms with Crippen LogP contribution >= 0.6 is 0 Å². The lowest BCUT2D eigenvalue weighted by molar-refractivity contribution is -0.138. The number of sulfone groups is 1. The molecule has 0 saturated carbocycles. The number of carbonyl (C=O) groups excluding carboxylic acids is 1. The van der Waals surface area contributed by atoms with Gasteiger partial charge in [0, 0.05) is 6.26 Å². The zero-order chi connectivity index (χ0) is 14.6. The Kier molecular flexibility index (Phi) is 4.67. The SMILES string of the molecule is CC(C)C(C#N)C(=O)Oc1ccc(S(C)(=O)=O)cc1. The maximum atomic E-state index is 11.7. The van der Waals surface area contributed by atoms with Gasteiger partial charge in [0.1, 0.15) is 11.7 Å². The highest BCUT2D eigenvalue weighted by Crippen LogP contribution is 2.19. The second-order valence-corrected chi connectivity index (χ2v) is 6.53. The number of benzene rings is 1. The molecule has 5 nitrogen and oxygen atoms in total. The summed E-state index contributed by atoms with van der Waals surface area (Å²) in [5, 5.41) is 8.87. The molecule has 1 rings (SSSR count). The summed E-state index contributed by atoms with van der Waals surface area (Å²) < 4.78 is 27.6. The summed E-state index contributed by atoms with van der Waals surface area (Å²) in [5.41, 5.74) is 0. The highest BCUT2D eigenvalue weighted by atomic mass is 32.2. The van der Waals surface area contributed by atoms with Crippen molar-refractivity contribution >= 4 is 15.8 Å². The third-order valence-corrected chi connectivity index (χ3v) is 3.66. The van der Waals surface area contributed by atoms with Gasteiger partial charge in [-0.05, 0) is 30.2 Å². The van der Waals surface area contributed by atoms with E-state index in [0.717, 1.165) is 6.26 Å². The van der Waals surface area contributed by atoms with Crippen LogP contribution in [0, 0.1) is 23.2 Å². The van der Waals surface area contributed by atoms with Crippen molar-refractivity contribution in [2.24, 2.45) is 11.8 Å². The van der Waals surface area contributed by atoms with Gasteiger partial charge >= 0.3 is 5.97 Å². The zero-order valence-electron chi connectivity index (χ0n) is 11.0. The smallest absolute Gasteiger partial charge is 0.328 e. The van der Waals surface area contributed by atoms with E-state index in [1.807, 2.05) is 6.07 Å². The lowest BCUT2D eigenvalue weighted by Gasteiger charge is -2.12. The van der Waals surface area contributed by atoms with Crippen molar-refractivity contribution in [2.75, 3.05) is 6.26 Å². The van der Waals surface area contributed by atoms with Crippen molar-refractivity contribution in [2.45, 2.75) is 18.7 Å². The first-order valence-corrected chi connectivity index (χ1v) is 7.56. The lowest BCUT2D eigenvalue weighted by atomic mass is 9.98. The predicted octanol–water partition coefficient (Wildman–Crippen LogP) is 1.79. The van der Waals surface area contributed by atoms with E-state index in [-0.39, 0.29) is 16.6 Å². The van der Waals surface area contributed by atoms with Crippen LogP contribution < -0.4 is 4.74 Å². The molecule has 1 atom stereocenters. The molecule has 0 saturated heterocycles. The van der Waals surface area contributed by atoms with Crippen LogP contribution in [0.5, 0.6) is 5.75 Å². The van der Waals surface area contributed by atoms with Gasteiger partial charge in [-0.25, -0.2) is 8.42 Å². The number of hydrogen-bond donors (Lipinski definition) is 0. The van der Waals surface area contributed by atoms with Crippen LogP contribution in [0.1, 0.15) is 13.8 Å². The van der Waals surface area contributed by atoms with Crippen molar-refractivity contribution < 1.29 is 17.9 Å². The monoisotopic (exact) mass is 281 g/mol. The minimum atomic E-state index is -3.28. The van der Waals surface area contributed by atoms with Crippen LogP contribution in [0.2, 0.25) is 0 Å². The normalized spacial score (nSPS) is 12.8. The Morgan fingerprint density at radius 1 is 1.26 bits per heavy atom. The number of ether oxygens (including phenoxy) is 1. The minimum absolute atomic E-state index is 0.146. The molecule has 1 unspecified atom stereocenters. The molecular formula is C13H15NO4S. The molecule has 6 heteroatoms. The van der Waals surface area contributed by atoms with E-state index >= 15 is 0 Å². The highest BCUT2D eigenvalue weighted by molar-refractivity contribution is 7.90. The summed E-state index contributed by atoms with van der Waals surface area (Å²) in [5.74, 6) is -1.40. The van der Waals surface area contributed by atoms with Crippen LogP contribution in [-0.2, 0) is 14.6 Å². The topological polar surface area (TPSA) is 84.2 Å². The Bertz CT molecular complexity index is 597. The molecule has 0 aliphatic heterocycles. The standard InChI is InChI=1S/C13H15NO4S/c1-9(2)12(8-14)13(15)18-10-4-6-11(7-5-10)19(3,16)17/h4-7,9,12H,1-3H3. The molecule has 0 spiro atoms. The lowest BCUT2D eigenvalue weighted by Crippen LogP contribution is -2.23. The van der Waals surface area contributed by atoms with Crippen LogP contribution in [0.3, 0.4) is 0 Å². The van der Waals surface area contributed by atoms with Gasteiger partial charge in [0.2, 0.25) is 0 Å². The van der Waals surface area contributed by atoms with E-state index < -0.39 is 21.7 Å². The Balaban J connectivity index is 2.85. The average Bonchev–Trinajstić information content (AvgIpc) is 2.28. The van der Waals surface area contributed by atoms with Gasteiger partial charge in [-0.1, -0.05) is 13.8 Å². The van der Waals surface area contributed by atoms with Crippen molar-refractivity contribution in [3.63, 3.8) is 0 Å². The van der Waals surface area contributed by atoms with Crippen molar-refractivity contribution in [1.29, 1.82) is 5.26 Å². The fourth-order valence-electron chi connectivity index (χ4n) is 1.41. The molecule has 0 fully saturated rings. The molecule has 1 aromatic rings. The van der Waals surface area contributed by atoms with Crippen LogP contribution in [0.4, 0.5) is 0 Å². The molecule has 0 heterocycles. The third kappa shape index (κ3) is 4.07. The fourth-order valence-corrected chi connectivity index (χ4v) is 2.04. The Morgan fingerprint density at radius 3 is 2.16 bits per heavy atom. The molecule has 0 N–H and O–H groups in total. The van der Waals surface area contributed by atoms with E-state index in [2.05, 4.69) is 0 Å². The van der Waals surface area contributed by atoms with Crippen molar-refractivity contribution in [1.82, 2.24) is 0 Å². The van der Waals surface area contributed by atoms with Crippen LogP contribution in [0.25, 0.3) is 0 Å². The second kappa shape index (κ2) is 5.85. The van der Waals surface area contributed by atoms with Gasteiger partial charge in [-0.2, -0.15) is 5.26 Å². The van der Waals surface area contributed by atoms with Gasteiger partial charge < -0.3 is 4.74 Å². The van der Waals surface area contributed by atoms with Crippen LogP contribution in [-0.4, -0.2) is 20.6 Å². The highest BCUT2D eigenvalue weighted by Gasteiger charge is 2.23. The summed E-state index contributed by atoms with van der Waals surface area (Å²) in [6.45, 7) is 3.50. The van der Waals surface area contributed by atoms with Gasteiger partial charge in [-0.15, -0.1) is 0 Å². The van der Waals surface area contributed by atoms with Gasteiger partial charge in [-0.3, -0.25) is 4.79 Å². The summed E-state index contributed by atoms with van der Waals surface area (Å²) in [4.78, 5) is 11.9. The average molecular weight is 281 g/mol. The number of nitriles is 1. The fraction of sp³-hybridized carbons (Fsp3) is 0.385. The number of hydrogen-bond acceptors (Lipinski definition) is 5. The molecule has 0 aliphatic rings. The number of rotatable bonds is 4. The second-order valence-electron chi connectivity index (χ2n) is 4.52. The molecule has 0 radical (unpaired) electrons. The maximum Gasteiger partial charge on any atom is 0.328 e. The number of nitrogens with zero attached hydrogens (tertiary/aromatic N) is 1. The largest absolute Gasteiger partial charge is 0.426 e. The summed E-state index contributed by atoms with van der Waals surface area (Å²) in [6.07, 6.45) is 1.10. The Morgan fingerprint density at radius 2 is 1.79 bits per heavy atom. The number of esters is 1. The quantitative estimate of drug-likeness (QED) is 0.620. The Hall–Kier alpha value is -1.87. The summed E-state index contributed by atoms with van der Waals surface area (Å²) in [7, 11) is -3.28. The first-order valence-electron chi connectivity index (χ1n) is 5.67. The van der Waals surface area contributed by atoms with E-state index in [1.165, 1.54) is 24.3 Å². The first-order chi connectivity index (χ1) is 8.75. The first kappa shape index (κ1) is 15.2. The maximum absolute atomic E-state index is 11.7. The van der Waals surface area contributed by atoms with Gasteiger partial charge in [0.15, 0.2) is 9.84 Å².